The Hall–Kier alpha value is -1.19. The van der Waals surface area contributed by atoms with Crippen molar-refractivity contribution < 1.29 is 18.1 Å². The van der Waals surface area contributed by atoms with E-state index in [1.807, 2.05) is 0 Å². The number of methoxy groups -OCH3 is 1. The van der Waals surface area contributed by atoms with Gasteiger partial charge in [-0.2, -0.15) is 0 Å². The number of sulfonamides is 1. The maximum absolute atomic E-state index is 11.3. The van der Waals surface area contributed by atoms with Crippen LogP contribution in [0.2, 0.25) is 0 Å². The first-order valence-electron chi connectivity index (χ1n) is 4.24. The molecule has 0 aliphatic carbocycles. The van der Waals surface area contributed by atoms with E-state index >= 15 is 0 Å². The zero-order valence-corrected chi connectivity index (χ0v) is 11.3. The smallest absolute Gasteiger partial charge is 0.316 e. The second kappa shape index (κ2) is 4.59. The number of rotatable bonds is 3. The Morgan fingerprint density at radius 1 is 1.53 bits per heavy atom. The van der Waals surface area contributed by atoms with Crippen LogP contribution in [0.5, 0.6) is 5.75 Å². The predicted molar refractivity (Wildman–Crippen MR) is 63.5 cm³/mol. The highest BCUT2D eigenvalue weighted by molar-refractivity contribution is 9.10. The fourth-order valence-corrected chi connectivity index (χ4v) is 2.61. The number of ether oxygens (including phenoxy) is 1. The number of nitrogens with zero attached hydrogens (tertiary/aromatic N) is 1. The predicted octanol–water partition coefficient (Wildman–Crippen LogP) is 1.32. The number of primary sulfonamides is 1. The van der Waals surface area contributed by atoms with Gasteiger partial charge in [0.25, 0.3) is 0 Å². The van der Waals surface area contributed by atoms with Crippen molar-refractivity contribution in [3.8, 4) is 5.75 Å². The van der Waals surface area contributed by atoms with Gasteiger partial charge < -0.3 is 4.74 Å². The minimum Gasteiger partial charge on any atom is -0.489 e. The lowest BCUT2D eigenvalue weighted by molar-refractivity contribution is -0.386. The molecule has 94 valence electrons. The SMILES string of the molecule is COc1c(S(N)(=O)=O)cc(Br)c(C)c1[N+](=O)[O-]. The standard InChI is InChI=1S/C8H9BrN2O5S/c1-4-5(9)3-6(17(10,14)15)8(16-2)7(4)11(12)13/h3H,1-2H3,(H2,10,14,15). The first-order valence-corrected chi connectivity index (χ1v) is 6.58. The van der Waals surface area contributed by atoms with E-state index in [1.54, 1.807) is 0 Å². The van der Waals surface area contributed by atoms with Crippen molar-refractivity contribution in [1.29, 1.82) is 0 Å². The molecule has 1 rings (SSSR count). The summed E-state index contributed by atoms with van der Waals surface area (Å²) in [4.78, 5) is 9.76. The molecule has 17 heavy (non-hydrogen) atoms. The summed E-state index contributed by atoms with van der Waals surface area (Å²) in [5.74, 6) is -0.363. The Morgan fingerprint density at radius 2 is 2.06 bits per heavy atom. The van der Waals surface area contributed by atoms with E-state index in [9.17, 15) is 18.5 Å². The lowest BCUT2D eigenvalue weighted by Gasteiger charge is -2.10. The molecule has 0 saturated heterocycles. The highest BCUT2D eigenvalue weighted by Crippen LogP contribution is 2.40. The van der Waals surface area contributed by atoms with Crippen molar-refractivity contribution in [2.24, 2.45) is 5.14 Å². The Labute approximate surface area is 106 Å². The number of halogens is 1. The fourth-order valence-electron chi connectivity index (χ4n) is 1.32. The van der Waals surface area contributed by atoms with Gasteiger partial charge in [0.05, 0.1) is 12.0 Å². The summed E-state index contributed by atoms with van der Waals surface area (Å²) in [7, 11) is -2.96. The summed E-state index contributed by atoms with van der Waals surface area (Å²) in [6, 6.07) is 1.18. The van der Waals surface area contributed by atoms with Crippen LogP contribution in [0.4, 0.5) is 5.69 Å². The fraction of sp³-hybridized carbons (Fsp3) is 0.250. The summed E-state index contributed by atoms with van der Waals surface area (Å²) in [6.45, 7) is 1.47. The van der Waals surface area contributed by atoms with Crippen LogP contribution in [-0.4, -0.2) is 20.5 Å². The van der Waals surface area contributed by atoms with Crippen molar-refractivity contribution in [1.82, 2.24) is 0 Å². The maximum Gasteiger partial charge on any atom is 0.316 e. The van der Waals surface area contributed by atoms with E-state index in [0.717, 1.165) is 7.11 Å². The number of nitro groups is 1. The molecular weight excluding hydrogens is 316 g/mol. The van der Waals surface area contributed by atoms with Gasteiger partial charge in [-0.3, -0.25) is 10.1 Å². The van der Waals surface area contributed by atoms with Crippen LogP contribution in [0.1, 0.15) is 5.56 Å². The molecule has 0 bridgehead atoms. The van der Waals surface area contributed by atoms with Crippen LogP contribution in [0.25, 0.3) is 0 Å². The third kappa shape index (κ3) is 2.56. The van der Waals surface area contributed by atoms with Crippen LogP contribution in [0, 0.1) is 17.0 Å². The zero-order chi connectivity index (χ0) is 13.4. The number of nitrogens with two attached hydrogens (primary N) is 1. The summed E-state index contributed by atoms with van der Waals surface area (Å²) >= 11 is 3.04. The highest BCUT2D eigenvalue weighted by Gasteiger charge is 2.29. The van der Waals surface area contributed by atoms with Gasteiger partial charge >= 0.3 is 5.69 Å². The van der Waals surface area contributed by atoms with E-state index in [2.05, 4.69) is 15.9 Å². The molecule has 9 heteroatoms. The van der Waals surface area contributed by atoms with Crippen molar-refractivity contribution in [3.63, 3.8) is 0 Å². The van der Waals surface area contributed by atoms with Crippen LogP contribution in [0.15, 0.2) is 15.4 Å². The van der Waals surface area contributed by atoms with Crippen molar-refractivity contribution >= 4 is 31.6 Å². The van der Waals surface area contributed by atoms with Crippen LogP contribution in [-0.2, 0) is 10.0 Å². The molecule has 0 spiro atoms. The summed E-state index contributed by atoms with van der Waals surface area (Å²) in [6.07, 6.45) is 0. The molecule has 2 N–H and O–H groups in total. The lowest BCUT2D eigenvalue weighted by atomic mass is 10.2. The van der Waals surface area contributed by atoms with Gasteiger partial charge in [-0.05, 0) is 13.0 Å². The van der Waals surface area contributed by atoms with Gasteiger partial charge in [-0.25, -0.2) is 13.6 Å². The lowest BCUT2D eigenvalue weighted by Crippen LogP contribution is -2.15. The Kier molecular flexibility index (Phi) is 3.74. The Balaban J connectivity index is 3.83. The first kappa shape index (κ1) is 13.9. The number of benzene rings is 1. The largest absolute Gasteiger partial charge is 0.489 e. The molecule has 7 nitrogen and oxygen atoms in total. The van der Waals surface area contributed by atoms with Crippen LogP contribution in [0.3, 0.4) is 0 Å². The van der Waals surface area contributed by atoms with Crippen molar-refractivity contribution in [3.05, 3.63) is 26.2 Å². The van der Waals surface area contributed by atoms with E-state index in [1.165, 1.54) is 13.0 Å². The third-order valence-electron chi connectivity index (χ3n) is 2.10. The number of hydrogen-bond donors (Lipinski definition) is 1. The van der Waals surface area contributed by atoms with Gasteiger partial charge in [-0.15, -0.1) is 0 Å². The quantitative estimate of drug-likeness (QED) is 0.665. The molecule has 1 aromatic rings. The van der Waals surface area contributed by atoms with Gasteiger partial charge in [0.1, 0.15) is 4.90 Å². The number of hydrogen-bond acceptors (Lipinski definition) is 5. The molecular formula is C8H9BrN2O5S. The van der Waals surface area contributed by atoms with Gasteiger partial charge in [0.2, 0.25) is 15.8 Å². The minimum absolute atomic E-state index is 0.263. The van der Waals surface area contributed by atoms with E-state index in [0.29, 0.717) is 0 Å². The molecule has 0 fully saturated rings. The highest BCUT2D eigenvalue weighted by atomic mass is 79.9. The van der Waals surface area contributed by atoms with E-state index in [-0.39, 0.29) is 15.8 Å². The average molecular weight is 325 g/mol. The first-order chi connectivity index (χ1) is 7.70. The summed E-state index contributed by atoms with van der Waals surface area (Å²) < 4.78 is 27.7. The van der Waals surface area contributed by atoms with Crippen molar-refractivity contribution in [2.75, 3.05) is 7.11 Å². The molecule has 0 amide bonds. The Bertz CT molecular complexity index is 584. The van der Waals surface area contributed by atoms with Crippen molar-refractivity contribution in [2.45, 2.75) is 11.8 Å². The van der Waals surface area contributed by atoms with Gasteiger partial charge in [0.15, 0.2) is 0 Å². The summed E-state index contributed by atoms with van der Waals surface area (Å²) in [5, 5.41) is 15.9. The second-order valence-electron chi connectivity index (χ2n) is 3.17. The monoisotopic (exact) mass is 324 g/mol. The molecule has 0 saturated carbocycles. The molecule has 1 aromatic carbocycles. The minimum atomic E-state index is -4.10. The maximum atomic E-state index is 11.3. The molecule has 0 atom stereocenters. The molecule has 0 heterocycles. The third-order valence-corrected chi connectivity index (χ3v) is 3.84. The normalized spacial score (nSPS) is 11.3. The topological polar surface area (TPSA) is 113 Å². The molecule has 0 unspecified atom stereocenters. The average Bonchev–Trinajstić information content (AvgIpc) is 2.18. The zero-order valence-electron chi connectivity index (χ0n) is 8.93. The molecule has 0 aliphatic heterocycles. The summed E-state index contributed by atoms with van der Waals surface area (Å²) in [5.41, 5.74) is -0.162. The number of nitro benzene ring substituents is 1. The Morgan fingerprint density at radius 3 is 2.41 bits per heavy atom. The second-order valence-corrected chi connectivity index (χ2v) is 5.55. The van der Waals surface area contributed by atoms with E-state index < -0.39 is 25.5 Å². The molecule has 0 aliphatic rings. The van der Waals surface area contributed by atoms with Gasteiger partial charge in [-0.1, -0.05) is 15.9 Å². The van der Waals surface area contributed by atoms with Gasteiger partial charge in [0, 0.05) is 10.0 Å². The molecule has 0 radical (unpaired) electrons. The molecule has 0 aromatic heterocycles. The van der Waals surface area contributed by atoms with Crippen LogP contribution < -0.4 is 9.88 Å². The van der Waals surface area contributed by atoms with E-state index in [4.69, 9.17) is 9.88 Å². The van der Waals surface area contributed by atoms with Crippen LogP contribution >= 0.6 is 15.9 Å².